The van der Waals surface area contributed by atoms with E-state index in [1.54, 1.807) is 0 Å². The normalized spacial score (nSPS) is 33.7. The monoisotopic (exact) mass is 249 g/mol. The maximum absolute atomic E-state index is 11.5. The Morgan fingerprint density at radius 2 is 1.87 bits per heavy atom. The molecule has 2 aliphatic rings. The lowest BCUT2D eigenvalue weighted by Gasteiger charge is -2.45. The van der Waals surface area contributed by atoms with E-state index in [4.69, 9.17) is 10.7 Å². The topological polar surface area (TPSA) is 54.5 Å². The van der Waals surface area contributed by atoms with Crippen LogP contribution in [0.5, 0.6) is 0 Å². The van der Waals surface area contributed by atoms with Gasteiger partial charge in [0, 0.05) is 10.7 Å². The van der Waals surface area contributed by atoms with Crippen LogP contribution in [0.3, 0.4) is 0 Å². The van der Waals surface area contributed by atoms with E-state index in [1.807, 2.05) is 12.2 Å². The van der Waals surface area contributed by atoms with E-state index in [-0.39, 0.29) is 17.9 Å². The zero-order valence-corrected chi connectivity index (χ0v) is 9.67. The summed E-state index contributed by atoms with van der Waals surface area (Å²) in [4.78, 5) is 11.5. The summed E-state index contributed by atoms with van der Waals surface area (Å²) in [5.74, 6) is -0.492. The van der Waals surface area contributed by atoms with Crippen molar-refractivity contribution >= 4 is 25.8 Å². The van der Waals surface area contributed by atoms with E-state index in [9.17, 15) is 13.2 Å². The summed E-state index contributed by atoms with van der Waals surface area (Å²) < 4.78 is 23.1. The molecule has 2 rings (SSSR count). The van der Waals surface area contributed by atoms with Gasteiger partial charge in [-0.1, -0.05) is 12.2 Å². The van der Waals surface area contributed by atoms with Gasteiger partial charge < -0.3 is 0 Å². The summed E-state index contributed by atoms with van der Waals surface area (Å²) in [5.41, 5.74) is 0. The van der Waals surface area contributed by atoms with Gasteiger partial charge in [0.15, 0.2) is 0 Å². The predicted octanol–water partition coefficient (Wildman–Crippen LogP) is 1.43. The first-order chi connectivity index (χ1) is 7.02. The molecule has 0 saturated carbocycles. The quantitative estimate of drug-likeness (QED) is 0.401. The van der Waals surface area contributed by atoms with E-state index < -0.39 is 9.24 Å². The van der Waals surface area contributed by atoms with Gasteiger partial charge >= 0.3 is 9.24 Å². The van der Waals surface area contributed by atoms with Crippen LogP contribution in [0.2, 0.25) is 0 Å². The molecule has 1 saturated heterocycles. The molecule has 1 fully saturated rings. The van der Waals surface area contributed by atoms with Crippen LogP contribution in [0, 0.1) is 5.92 Å². The van der Waals surface area contributed by atoms with Gasteiger partial charge in [-0.15, -0.1) is 0 Å². The standard InChI is InChI=1S/C9H12ClNO3S/c10-15(13,14)11-8-6-4-2-1-3-5-7(8)9(11)12/h1-2,7-8H,3-6H2/b2-1-. The van der Waals surface area contributed by atoms with Crippen molar-refractivity contribution in [2.75, 3.05) is 0 Å². The summed E-state index contributed by atoms with van der Waals surface area (Å²) in [6, 6.07) is -0.218. The Labute approximate surface area is 93.4 Å². The third-order valence-electron chi connectivity index (χ3n) is 2.98. The number of allylic oxidation sites excluding steroid dienone is 2. The minimum Gasteiger partial charge on any atom is -0.273 e. The third-order valence-corrected chi connectivity index (χ3v) is 4.34. The molecule has 0 bridgehead atoms. The van der Waals surface area contributed by atoms with Crippen LogP contribution in [-0.2, 0) is 14.0 Å². The van der Waals surface area contributed by atoms with Gasteiger partial charge in [0.1, 0.15) is 0 Å². The molecule has 2 atom stereocenters. The molecule has 0 N–H and O–H groups in total. The number of amides is 1. The molecule has 0 aromatic carbocycles. The van der Waals surface area contributed by atoms with E-state index >= 15 is 0 Å². The highest BCUT2D eigenvalue weighted by Gasteiger charge is 2.51. The second kappa shape index (κ2) is 3.79. The summed E-state index contributed by atoms with van der Waals surface area (Å²) >= 11 is 0. The molecule has 6 heteroatoms. The maximum atomic E-state index is 11.5. The van der Waals surface area contributed by atoms with Gasteiger partial charge in [0.05, 0.1) is 12.0 Å². The smallest absolute Gasteiger partial charge is 0.273 e. The van der Waals surface area contributed by atoms with E-state index in [0.717, 1.165) is 23.6 Å². The van der Waals surface area contributed by atoms with E-state index in [0.29, 0.717) is 6.42 Å². The van der Waals surface area contributed by atoms with Crippen molar-refractivity contribution in [1.82, 2.24) is 4.31 Å². The fourth-order valence-electron chi connectivity index (χ4n) is 2.25. The van der Waals surface area contributed by atoms with Crippen molar-refractivity contribution in [3.8, 4) is 0 Å². The number of nitrogens with zero attached hydrogens (tertiary/aromatic N) is 1. The summed E-state index contributed by atoms with van der Waals surface area (Å²) in [5, 5.41) is 0. The minimum atomic E-state index is -3.88. The van der Waals surface area contributed by atoms with Gasteiger partial charge in [0.25, 0.3) is 0 Å². The van der Waals surface area contributed by atoms with Crippen molar-refractivity contribution in [1.29, 1.82) is 0 Å². The molecule has 0 spiro atoms. The molecular weight excluding hydrogens is 238 g/mol. The molecule has 1 aliphatic carbocycles. The SMILES string of the molecule is O=C1C2CC/C=C\CCC2N1S(=O)(=O)Cl. The lowest BCUT2D eigenvalue weighted by Crippen LogP contribution is -2.61. The van der Waals surface area contributed by atoms with Gasteiger partial charge in [-0.3, -0.25) is 4.79 Å². The van der Waals surface area contributed by atoms with Crippen molar-refractivity contribution in [3.63, 3.8) is 0 Å². The Kier molecular flexibility index (Phi) is 2.77. The average molecular weight is 250 g/mol. The molecule has 2 unspecified atom stereocenters. The second-order valence-electron chi connectivity index (χ2n) is 3.88. The molecule has 84 valence electrons. The first kappa shape index (κ1) is 11.0. The van der Waals surface area contributed by atoms with Crippen molar-refractivity contribution in [2.24, 2.45) is 5.92 Å². The molecule has 4 nitrogen and oxygen atoms in total. The fraction of sp³-hybridized carbons (Fsp3) is 0.667. The summed E-state index contributed by atoms with van der Waals surface area (Å²) in [7, 11) is 1.32. The zero-order valence-electron chi connectivity index (χ0n) is 8.10. The van der Waals surface area contributed by atoms with Gasteiger partial charge in [-0.2, -0.15) is 8.42 Å². The number of fused-ring (bicyclic) bond motifs is 1. The number of carbonyl (C=O) groups excluding carboxylic acids is 1. The number of hydrogen-bond donors (Lipinski definition) is 0. The Bertz CT molecular complexity index is 404. The minimum absolute atomic E-state index is 0.150. The number of hydrogen-bond acceptors (Lipinski definition) is 3. The van der Waals surface area contributed by atoms with E-state index in [1.165, 1.54) is 0 Å². The molecule has 1 heterocycles. The van der Waals surface area contributed by atoms with Crippen LogP contribution < -0.4 is 0 Å². The van der Waals surface area contributed by atoms with Crippen molar-refractivity contribution < 1.29 is 13.2 Å². The number of halogens is 1. The molecule has 1 amide bonds. The molecule has 0 aromatic rings. The number of carbonyl (C=O) groups is 1. The Morgan fingerprint density at radius 3 is 2.47 bits per heavy atom. The van der Waals surface area contributed by atoms with Crippen LogP contribution >= 0.6 is 10.7 Å². The number of β-lactam (4-membered cyclic amide) rings is 1. The Morgan fingerprint density at radius 1 is 1.27 bits per heavy atom. The first-order valence-electron chi connectivity index (χ1n) is 4.94. The van der Waals surface area contributed by atoms with Gasteiger partial charge in [-0.25, -0.2) is 4.31 Å². The highest BCUT2D eigenvalue weighted by Crippen LogP contribution is 2.38. The molecular formula is C9H12ClNO3S. The molecule has 0 aromatic heterocycles. The maximum Gasteiger partial charge on any atom is 0.324 e. The second-order valence-corrected chi connectivity index (χ2v) is 6.26. The Hall–Kier alpha value is -0.550. The van der Waals surface area contributed by atoms with Crippen LogP contribution in [0.1, 0.15) is 25.7 Å². The van der Waals surface area contributed by atoms with Crippen LogP contribution in [-0.4, -0.2) is 24.7 Å². The molecule has 15 heavy (non-hydrogen) atoms. The largest absolute Gasteiger partial charge is 0.324 e. The van der Waals surface area contributed by atoms with Crippen LogP contribution in [0.25, 0.3) is 0 Å². The first-order valence-corrected chi connectivity index (χ1v) is 7.21. The molecule has 1 aliphatic heterocycles. The Balaban J connectivity index is 2.19. The van der Waals surface area contributed by atoms with Gasteiger partial charge in [0.2, 0.25) is 5.91 Å². The molecule has 0 radical (unpaired) electrons. The fourth-order valence-corrected chi connectivity index (χ4v) is 3.69. The van der Waals surface area contributed by atoms with Crippen molar-refractivity contribution in [3.05, 3.63) is 12.2 Å². The predicted molar refractivity (Wildman–Crippen MR) is 56.5 cm³/mol. The van der Waals surface area contributed by atoms with Crippen LogP contribution in [0.4, 0.5) is 0 Å². The lowest BCUT2D eigenvalue weighted by atomic mass is 9.82. The average Bonchev–Trinajstić information content (AvgIpc) is 2.07. The highest BCUT2D eigenvalue weighted by molar-refractivity contribution is 8.12. The van der Waals surface area contributed by atoms with Gasteiger partial charge in [-0.05, 0) is 25.7 Å². The zero-order chi connectivity index (χ0) is 11.1. The third kappa shape index (κ3) is 1.90. The lowest BCUT2D eigenvalue weighted by molar-refractivity contribution is -0.146. The highest BCUT2D eigenvalue weighted by atomic mass is 35.7. The van der Waals surface area contributed by atoms with Crippen molar-refractivity contribution in [2.45, 2.75) is 31.7 Å². The summed E-state index contributed by atoms with van der Waals surface area (Å²) in [6.07, 6.45) is 7.11. The van der Waals surface area contributed by atoms with E-state index in [2.05, 4.69) is 0 Å². The van der Waals surface area contributed by atoms with Crippen LogP contribution in [0.15, 0.2) is 12.2 Å². The number of rotatable bonds is 1. The summed E-state index contributed by atoms with van der Waals surface area (Å²) in [6.45, 7) is 0.